The van der Waals surface area contributed by atoms with Crippen molar-refractivity contribution in [3.8, 4) is 0 Å². The molecule has 0 rings (SSSR count). The fourth-order valence-corrected chi connectivity index (χ4v) is 1.42. The molecule has 0 unspecified atom stereocenters. The summed E-state index contributed by atoms with van der Waals surface area (Å²) in [5.74, 6) is 0. The smallest absolute Gasteiger partial charge is 0.321 e. The summed E-state index contributed by atoms with van der Waals surface area (Å²) < 4.78 is 0. The molecule has 0 aliphatic heterocycles. The first-order chi connectivity index (χ1) is 5.00. The Morgan fingerprint density at radius 1 is 1.18 bits per heavy atom. The van der Waals surface area contributed by atoms with Crippen LogP contribution >= 0.6 is 0 Å². The molecule has 0 saturated heterocycles. The minimum Gasteiger partial charge on any atom is -0.413 e. The van der Waals surface area contributed by atoms with E-state index in [1.807, 2.05) is 13.8 Å². The van der Waals surface area contributed by atoms with Crippen molar-refractivity contribution in [2.45, 2.75) is 51.5 Å². The molecule has 0 aromatic carbocycles. The Bertz CT molecular complexity index is 102. The Labute approximate surface area is 71.1 Å². The maximum absolute atomic E-state index is 9.07. The molecule has 0 amide bonds. The van der Waals surface area contributed by atoms with E-state index in [1.54, 1.807) is 0 Å². The van der Waals surface area contributed by atoms with Gasteiger partial charge in [0.25, 0.3) is 0 Å². The molecule has 0 aliphatic carbocycles. The van der Waals surface area contributed by atoms with Crippen molar-refractivity contribution in [1.29, 1.82) is 0 Å². The lowest BCUT2D eigenvalue weighted by Crippen LogP contribution is -2.27. The number of rotatable bonds is 5. The van der Waals surface area contributed by atoms with E-state index in [2.05, 4.69) is 6.92 Å². The third-order valence-electron chi connectivity index (χ3n) is 2.12. The molecule has 68 valence electrons. The van der Waals surface area contributed by atoms with Crippen LogP contribution < -0.4 is 0 Å². The molecule has 0 aromatic rings. The maximum atomic E-state index is 9.07. The van der Waals surface area contributed by atoms with Crippen LogP contribution in [0.4, 0.5) is 0 Å². The van der Waals surface area contributed by atoms with Crippen LogP contribution in [-0.4, -0.2) is 18.9 Å². The monoisotopic (exact) mass is 176 g/mol. The molecule has 0 aliphatic rings. The summed E-state index contributed by atoms with van der Waals surface area (Å²) in [7, 11) is -2.42. The molecule has 0 spiro atoms. The predicted octanol–water partition coefficient (Wildman–Crippen LogP) is 1.55. The van der Waals surface area contributed by atoms with Crippen molar-refractivity contribution < 1.29 is 9.59 Å². The molecule has 0 radical (unpaired) electrons. The Balaban J connectivity index is 3.55. The van der Waals surface area contributed by atoms with Crippen LogP contribution in [0.2, 0.25) is 5.04 Å². The molecule has 2 N–H and O–H groups in total. The summed E-state index contributed by atoms with van der Waals surface area (Å²) >= 11 is 0. The van der Waals surface area contributed by atoms with Gasteiger partial charge < -0.3 is 9.59 Å². The number of unbranched alkanes of at least 4 members (excludes halogenated alkanes) is 2. The molecule has 0 heterocycles. The highest BCUT2D eigenvalue weighted by Gasteiger charge is 2.27. The van der Waals surface area contributed by atoms with Gasteiger partial charge in [-0.15, -0.1) is 0 Å². The van der Waals surface area contributed by atoms with Gasteiger partial charge in [0.1, 0.15) is 0 Å². The highest BCUT2D eigenvalue weighted by Crippen LogP contribution is 2.32. The normalized spacial score (nSPS) is 12.5. The SMILES string of the molecule is CCCCCC(C)(C)[SiH](O)O. The van der Waals surface area contributed by atoms with E-state index in [9.17, 15) is 0 Å². The van der Waals surface area contributed by atoms with Gasteiger partial charge in [0, 0.05) is 5.04 Å². The van der Waals surface area contributed by atoms with E-state index in [-0.39, 0.29) is 5.04 Å². The van der Waals surface area contributed by atoms with Crippen LogP contribution in [0.1, 0.15) is 46.5 Å². The summed E-state index contributed by atoms with van der Waals surface area (Å²) in [6.07, 6.45) is 4.46. The van der Waals surface area contributed by atoms with Gasteiger partial charge in [0.2, 0.25) is 0 Å². The second-order valence-corrected chi connectivity index (χ2v) is 6.13. The third kappa shape index (κ3) is 4.56. The van der Waals surface area contributed by atoms with Crippen LogP contribution in [0.15, 0.2) is 0 Å². The van der Waals surface area contributed by atoms with E-state index in [4.69, 9.17) is 9.59 Å². The zero-order chi connectivity index (χ0) is 8.91. The van der Waals surface area contributed by atoms with Gasteiger partial charge in [-0.05, 0) is 6.42 Å². The zero-order valence-corrected chi connectivity index (χ0v) is 8.95. The molecule has 3 heteroatoms. The fourth-order valence-electron chi connectivity index (χ4n) is 0.960. The van der Waals surface area contributed by atoms with Gasteiger partial charge in [-0.25, -0.2) is 0 Å². The summed E-state index contributed by atoms with van der Waals surface area (Å²) in [4.78, 5) is 18.1. The summed E-state index contributed by atoms with van der Waals surface area (Å²) in [5.41, 5.74) is 0. The van der Waals surface area contributed by atoms with Gasteiger partial charge in [0.05, 0.1) is 0 Å². The first kappa shape index (κ1) is 11.1. The van der Waals surface area contributed by atoms with Gasteiger partial charge in [-0.3, -0.25) is 0 Å². The van der Waals surface area contributed by atoms with Crippen molar-refractivity contribution in [2.75, 3.05) is 0 Å². The molecular formula is C8H20O2Si. The Morgan fingerprint density at radius 2 is 1.73 bits per heavy atom. The van der Waals surface area contributed by atoms with E-state index >= 15 is 0 Å². The molecule has 2 nitrogen and oxygen atoms in total. The molecular weight excluding hydrogens is 156 g/mol. The molecule has 0 saturated carbocycles. The zero-order valence-electron chi connectivity index (χ0n) is 7.80. The summed E-state index contributed by atoms with van der Waals surface area (Å²) in [6.45, 7) is 6.04. The quantitative estimate of drug-likeness (QED) is 0.493. The van der Waals surface area contributed by atoms with Crippen LogP contribution in [0.25, 0.3) is 0 Å². The second kappa shape index (κ2) is 4.90. The highest BCUT2D eigenvalue weighted by atomic mass is 28.3. The van der Waals surface area contributed by atoms with Crippen LogP contribution in [0, 0.1) is 0 Å². The van der Waals surface area contributed by atoms with Gasteiger partial charge in [-0.2, -0.15) is 0 Å². The Kier molecular flexibility index (Phi) is 4.96. The largest absolute Gasteiger partial charge is 0.413 e. The molecule has 0 fully saturated rings. The van der Waals surface area contributed by atoms with Crippen LogP contribution in [0.5, 0.6) is 0 Å². The first-order valence-electron chi connectivity index (χ1n) is 4.37. The fraction of sp³-hybridized carbons (Fsp3) is 1.00. The average molecular weight is 176 g/mol. The average Bonchev–Trinajstić information content (AvgIpc) is 1.88. The van der Waals surface area contributed by atoms with Crippen molar-refractivity contribution in [3.05, 3.63) is 0 Å². The van der Waals surface area contributed by atoms with Crippen molar-refractivity contribution >= 4 is 9.28 Å². The Morgan fingerprint density at radius 3 is 2.09 bits per heavy atom. The van der Waals surface area contributed by atoms with E-state index in [0.29, 0.717) is 0 Å². The van der Waals surface area contributed by atoms with Gasteiger partial charge in [0.15, 0.2) is 0 Å². The Hall–Kier alpha value is 0.137. The molecule has 0 aromatic heterocycles. The summed E-state index contributed by atoms with van der Waals surface area (Å²) in [5, 5.41) is -0.199. The highest BCUT2D eigenvalue weighted by molar-refractivity contribution is 6.45. The van der Waals surface area contributed by atoms with Crippen LogP contribution in [0.3, 0.4) is 0 Å². The van der Waals surface area contributed by atoms with Gasteiger partial charge >= 0.3 is 9.28 Å². The minimum atomic E-state index is -2.42. The summed E-state index contributed by atoms with van der Waals surface area (Å²) in [6, 6.07) is 0. The maximum Gasteiger partial charge on any atom is 0.321 e. The van der Waals surface area contributed by atoms with E-state index < -0.39 is 9.28 Å². The molecule has 0 bridgehead atoms. The predicted molar refractivity (Wildman–Crippen MR) is 49.8 cm³/mol. The first-order valence-corrected chi connectivity index (χ1v) is 5.98. The number of hydrogen-bond acceptors (Lipinski definition) is 2. The van der Waals surface area contributed by atoms with Crippen molar-refractivity contribution in [2.24, 2.45) is 0 Å². The third-order valence-corrected chi connectivity index (χ3v) is 3.81. The second-order valence-electron chi connectivity index (χ2n) is 3.82. The topological polar surface area (TPSA) is 40.5 Å². The standard InChI is InChI=1S/C8H20O2Si/c1-4-5-6-7-8(2,3)11(9)10/h9-11H,4-7H2,1-3H3. The lowest BCUT2D eigenvalue weighted by atomic mass is 10.0. The van der Waals surface area contributed by atoms with Crippen LogP contribution in [-0.2, 0) is 0 Å². The van der Waals surface area contributed by atoms with E-state index in [0.717, 1.165) is 12.8 Å². The lowest BCUT2D eigenvalue weighted by Gasteiger charge is -2.24. The van der Waals surface area contributed by atoms with Gasteiger partial charge in [-0.1, -0.05) is 40.0 Å². The van der Waals surface area contributed by atoms with Crippen molar-refractivity contribution in [3.63, 3.8) is 0 Å². The van der Waals surface area contributed by atoms with E-state index in [1.165, 1.54) is 12.8 Å². The molecule has 0 atom stereocenters. The lowest BCUT2D eigenvalue weighted by molar-refractivity contribution is 0.339. The van der Waals surface area contributed by atoms with Crippen molar-refractivity contribution in [1.82, 2.24) is 0 Å². The number of hydrogen-bond donors (Lipinski definition) is 2. The molecule has 11 heavy (non-hydrogen) atoms. The minimum absolute atomic E-state index is 0.199.